The quantitative estimate of drug-likeness (QED) is 0.425. The summed E-state index contributed by atoms with van der Waals surface area (Å²) in [6, 6.07) is 10.6. The van der Waals surface area contributed by atoms with Gasteiger partial charge >= 0.3 is 0 Å². The van der Waals surface area contributed by atoms with Crippen LogP contribution < -0.4 is 10.3 Å². The van der Waals surface area contributed by atoms with Gasteiger partial charge in [0.05, 0.1) is 16.8 Å². The van der Waals surface area contributed by atoms with Crippen LogP contribution in [0.4, 0.5) is 10.1 Å². The zero-order valence-corrected chi connectivity index (χ0v) is 19.7. The number of hydrogen-bond acceptors (Lipinski definition) is 4. The van der Waals surface area contributed by atoms with E-state index in [9.17, 15) is 14.4 Å². The third-order valence-electron chi connectivity index (χ3n) is 6.33. The third kappa shape index (κ3) is 4.64. The summed E-state index contributed by atoms with van der Waals surface area (Å²) in [4.78, 5) is 41.2. The molecule has 2 aromatic carbocycles. The molecule has 0 atom stereocenters. The van der Waals surface area contributed by atoms with Crippen molar-refractivity contribution in [2.45, 2.75) is 27.3 Å². The molecule has 1 aromatic heterocycles. The molecule has 1 fully saturated rings. The van der Waals surface area contributed by atoms with E-state index in [2.05, 4.69) is 0 Å². The number of pyridine rings is 1. The van der Waals surface area contributed by atoms with Crippen LogP contribution in [0.2, 0.25) is 0 Å². The second-order valence-electron chi connectivity index (χ2n) is 8.58. The molecule has 1 amide bonds. The first-order valence-corrected chi connectivity index (χ1v) is 11.4. The van der Waals surface area contributed by atoms with Gasteiger partial charge in [-0.15, -0.1) is 0 Å². The van der Waals surface area contributed by atoms with E-state index in [0.717, 1.165) is 11.1 Å². The maximum Gasteiger partial charge on any atom is 0.219 e. The van der Waals surface area contributed by atoms with Gasteiger partial charge in [0.2, 0.25) is 11.3 Å². The zero-order chi connectivity index (χ0) is 24.4. The van der Waals surface area contributed by atoms with Crippen LogP contribution in [0, 0.1) is 12.7 Å². The van der Waals surface area contributed by atoms with Crippen LogP contribution in [0.15, 0.2) is 53.5 Å². The Morgan fingerprint density at radius 3 is 2.35 bits per heavy atom. The van der Waals surface area contributed by atoms with Crippen molar-refractivity contribution < 1.29 is 14.0 Å². The van der Waals surface area contributed by atoms with E-state index >= 15 is 4.39 Å². The number of halogens is 1. The van der Waals surface area contributed by atoms with Crippen molar-refractivity contribution in [3.8, 4) is 0 Å². The van der Waals surface area contributed by atoms with Crippen LogP contribution in [0.3, 0.4) is 0 Å². The molecule has 6 nitrogen and oxygen atoms in total. The molecule has 0 radical (unpaired) electrons. The minimum Gasteiger partial charge on any atom is -0.366 e. The van der Waals surface area contributed by atoms with Gasteiger partial charge in [0.1, 0.15) is 5.82 Å². The highest BCUT2D eigenvalue weighted by Crippen LogP contribution is 2.26. The van der Waals surface area contributed by atoms with E-state index < -0.39 is 17.0 Å². The van der Waals surface area contributed by atoms with E-state index in [1.54, 1.807) is 27.8 Å². The average Bonchev–Trinajstić information content (AvgIpc) is 2.84. The van der Waals surface area contributed by atoms with Crippen LogP contribution in [0.5, 0.6) is 0 Å². The number of ketones is 1. The van der Waals surface area contributed by atoms with E-state index in [1.165, 1.54) is 19.1 Å². The van der Waals surface area contributed by atoms with Crippen molar-refractivity contribution in [2.75, 3.05) is 31.1 Å². The van der Waals surface area contributed by atoms with Gasteiger partial charge in [-0.2, -0.15) is 0 Å². The largest absolute Gasteiger partial charge is 0.366 e. The predicted octanol–water partition coefficient (Wildman–Crippen LogP) is 4.03. The van der Waals surface area contributed by atoms with E-state index in [1.807, 2.05) is 43.0 Å². The van der Waals surface area contributed by atoms with Crippen LogP contribution in [-0.2, 0) is 11.3 Å². The Bertz CT molecular complexity index is 1330. The summed E-state index contributed by atoms with van der Waals surface area (Å²) in [5, 5.41) is 0.181. The average molecular weight is 462 g/mol. The first-order chi connectivity index (χ1) is 16.3. The number of anilines is 1. The minimum atomic E-state index is -0.511. The second-order valence-corrected chi connectivity index (χ2v) is 8.58. The van der Waals surface area contributed by atoms with Gasteiger partial charge in [0.25, 0.3) is 0 Å². The molecular formula is C27H28FN3O3. The summed E-state index contributed by atoms with van der Waals surface area (Å²) < 4.78 is 16.9. The van der Waals surface area contributed by atoms with E-state index in [4.69, 9.17) is 0 Å². The molecule has 1 aliphatic heterocycles. The Labute approximate surface area is 197 Å². The summed E-state index contributed by atoms with van der Waals surface area (Å²) in [6.07, 6.45) is 4.61. The van der Waals surface area contributed by atoms with Gasteiger partial charge in [-0.1, -0.05) is 35.9 Å². The Hall–Kier alpha value is -3.74. The number of benzene rings is 2. The van der Waals surface area contributed by atoms with Crippen molar-refractivity contribution >= 4 is 34.4 Å². The van der Waals surface area contributed by atoms with E-state index in [0.29, 0.717) is 43.9 Å². The van der Waals surface area contributed by atoms with Gasteiger partial charge in [-0.3, -0.25) is 14.4 Å². The topological polar surface area (TPSA) is 62.6 Å². The maximum absolute atomic E-state index is 15.1. The number of aromatic nitrogens is 1. The molecule has 4 rings (SSSR count). The van der Waals surface area contributed by atoms with Gasteiger partial charge < -0.3 is 14.4 Å². The standard InChI is InChI=1S/C27H28FN3O3/c1-4-29-17-22(26(33)10-9-20-7-5-18(2)6-8-20)27(34)21-15-23(28)25(16-24(21)29)31-13-11-30(12-14-31)19(3)32/h5-10,15-17H,4,11-14H2,1-3H3. The number of rotatable bonds is 5. The summed E-state index contributed by atoms with van der Waals surface area (Å²) >= 11 is 0. The summed E-state index contributed by atoms with van der Waals surface area (Å²) in [5.41, 5.74) is 2.49. The number of nitrogens with zero attached hydrogens (tertiary/aromatic N) is 3. The lowest BCUT2D eigenvalue weighted by atomic mass is 10.1. The van der Waals surface area contributed by atoms with E-state index in [-0.39, 0.29) is 16.9 Å². The molecule has 176 valence electrons. The van der Waals surface area contributed by atoms with Gasteiger partial charge in [0.15, 0.2) is 5.78 Å². The highest BCUT2D eigenvalue weighted by Gasteiger charge is 2.23. The molecule has 0 aliphatic carbocycles. The van der Waals surface area contributed by atoms with Gasteiger partial charge in [0, 0.05) is 51.2 Å². The number of amides is 1. The maximum atomic E-state index is 15.1. The van der Waals surface area contributed by atoms with Crippen LogP contribution in [0.1, 0.15) is 35.3 Å². The summed E-state index contributed by atoms with van der Waals surface area (Å²) in [6.45, 7) is 8.01. The number of fused-ring (bicyclic) bond motifs is 1. The lowest BCUT2D eigenvalue weighted by molar-refractivity contribution is -0.129. The Balaban J connectivity index is 1.69. The van der Waals surface area contributed by atoms with Crippen molar-refractivity contribution in [2.24, 2.45) is 0 Å². The molecule has 2 heterocycles. The second kappa shape index (κ2) is 9.63. The molecule has 0 spiro atoms. The fraction of sp³-hybridized carbons (Fsp3) is 0.296. The number of aryl methyl sites for hydroxylation is 2. The number of allylic oxidation sites excluding steroid dienone is 1. The molecule has 0 saturated carbocycles. The minimum absolute atomic E-state index is 0.00655. The fourth-order valence-electron chi connectivity index (χ4n) is 4.28. The van der Waals surface area contributed by atoms with Crippen molar-refractivity contribution in [1.29, 1.82) is 0 Å². The summed E-state index contributed by atoms with van der Waals surface area (Å²) in [5.74, 6) is -0.921. The smallest absolute Gasteiger partial charge is 0.219 e. The SMILES string of the molecule is CCn1cc(C(=O)C=Cc2ccc(C)cc2)c(=O)c2cc(F)c(N3CCN(C(C)=O)CC3)cc21. The Kier molecular flexibility index (Phi) is 6.63. The number of hydrogen-bond donors (Lipinski definition) is 0. The molecule has 0 unspecified atom stereocenters. The lowest BCUT2D eigenvalue weighted by Gasteiger charge is -2.36. The molecule has 0 N–H and O–H groups in total. The van der Waals surface area contributed by atoms with Crippen molar-refractivity contribution in [3.05, 3.63) is 81.4 Å². The Morgan fingerprint density at radius 2 is 1.74 bits per heavy atom. The Morgan fingerprint density at radius 1 is 1.06 bits per heavy atom. The zero-order valence-electron chi connectivity index (χ0n) is 19.7. The number of carbonyl (C=O) groups excluding carboxylic acids is 2. The molecule has 1 aliphatic rings. The predicted molar refractivity (Wildman–Crippen MR) is 133 cm³/mol. The fourth-order valence-corrected chi connectivity index (χ4v) is 4.28. The number of carbonyl (C=O) groups is 2. The molecular weight excluding hydrogens is 433 g/mol. The van der Waals surface area contributed by atoms with Crippen molar-refractivity contribution in [3.63, 3.8) is 0 Å². The van der Waals surface area contributed by atoms with Gasteiger partial charge in [-0.05, 0) is 37.6 Å². The summed E-state index contributed by atoms with van der Waals surface area (Å²) in [7, 11) is 0. The number of piperazine rings is 1. The first kappa shape index (κ1) is 23.4. The molecule has 34 heavy (non-hydrogen) atoms. The monoisotopic (exact) mass is 461 g/mol. The molecule has 7 heteroatoms. The lowest BCUT2D eigenvalue weighted by Crippen LogP contribution is -2.48. The van der Waals surface area contributed by atoms with Crippen LogP contribution in [0.25, 0.3) is 17.0 Å². The third-order valence-corrected chi connectivity index (χ3v) is 6.33. The van der Waals surface area contributed by atoms with Crippen molar-refractivity contribution in [1.82, 2.24) is 9.47 Å². The highest BCUT2D eigenvalue weighted by atomic mass is 19.1. The van der Waals surface area contributed by atoms with Crippen LogP contribution in [-0.4, -0.2) is 47.3 Å². The highest BCUT2D eigenvalue weighted by molar-refractivity contribution is 6.08. The normalized spacial score (nSPS) is 14.2. The van der Waals surface area contributed by atoms with Crippen LogP contribution >= 0.6 is 0 Å². The molecule has 3 aromatic rings. The molecule has 1 saturated heterocycles. The first-order valence-electron chi connectivity index (χ1n) is 11.4. The molecule has 0 bridgehead atoms. The van der Waals surface area contributed by atoms with Gasteiger partial charge in [-0.25, -0.2) is 4.39 Å².